The minimum atomic E-state index is 0.143. The second kappa shape index (κ2) is 7.52. The molecule has 7 heteroatoms. The molecule has 3 rings (SSSR count). The van der Waals surface area contributed by atoms with Crippen LogP contribution in [0.4, 0.5) is 0 Å². The van der Waals surface area contributed by atoms with Gasteiger partial charge in [0.1, 0.15) is 5.82 Å². The summed E-state index contributed by atoms with van der Waals surface area (Å²) in [7, 11) is 0. The average molecular weight is 317 g/mol. The molecule has 23 heavy (non-hydrogen) atoms. The van der Waals surface area contributed by atoms with Gasteiger partial charge in [-0.2, -0.15) is 0 Å². The van der Waals surface area contributed by atoms with E-state index in [1.807, 2.05) is 40.6 Å². The van der Waals surface area contributed by atoms with Gasteiger partial charge in [-0.25, -0.2) is 0 Å². The molecule has 124 valence electrons. The highest BCUT2D eigenvalue weighted by Crippen LogP contribution is 2.05. The van der Waals surface area contributed by atoms with E-state index < -0.39 is 0 Å². The quantitative estimate of drug-likeness (QED) is 0.840. The smallest absolute Gasteiger partial charge is 0.224 e. The van der Waals surface area contributed by atoms with Crippen molar-refractivity contribution in [2.75, 3.05) is 32.8 Å². The number of pyridine rings is 1. The van der Waals surface area contributed by atoms with Gasteiger partial charge in [0.2, 0.25) is 5.91 Å². The lowest BCUT2D eigenvalue weighted by Gasteiger charge is -2.28. The van der Waals surface area contributed by atoms with E-state index in [1.54, 1.807) is 0 Å². The van der Waals surface area contributed by atoms with Crippen LogP contribution in [0.25, 0.3) is 5.65 Å². The molecule has 0 spiro atoms. The molecule has 1 aliphatic heterocycles. The van der Waals surface area contributed by atoms with Crippen molar-refractivity contribution in [1.82, 2.24) is 24.8 Å². The molecular weight excluding hydrogens is 294 g/mol. The van der Waals surface area contributed by atoms with Crippen molar-refractivity contribution in [3.05, 3.63) is 30.2 Å². The van der Waals surface area contributed by atoms with Gasteiger partial charge < -0.3 is 15.0 Å². The van der Waals surface area contributed by atoms with Gasteiger partial charge in [-0.3, -0.25) is 9.20 Å². The molecule has 1 N–H and O–H groups in total. The molecule has 3 heterocycles. The fraction of sp³-hybridized carbons (Fsp3) is 0.562. The van der Waals surface area contributed by atoms with Crippen LogP contribution in [0.3, 0.4) is 0 Å². The predicted octanol–water partition coefficient (Wildman–Crippen LogP) is 0.499. The van der Waals surface area contributed by atoms with Gasteiger partial charge in [0.15, 0.2) is 5.65 Å². The van der Waals surface area contributed by atoms with Crippen molar-refractivity contribution in [3.8, 4) is 0 Å². The summed E-state index contributed by atoms with van der Waals surface area (Å²) >= 11 is 0. The van der Waals surface area contributed by atoms with Crippen LogP contribution < -0.4 is 5.32 Å². The maximum Gasteiger partial charge on any atom is 0.224 e. The minimum Gasteiger partial charge on any atom is -0.378 e. The van der Waals surface area contributed by atoms with Gasteiger partial charge in [0.05, 0.1) is 13.2 Å². The Bertz CT molecular complexity index is 651. The molecule has 0 aliphatic carbocycles. The van der Waals surface area contributed by atoms with E-state index in [0.29, 0.717) is 32.7 Å². The average Bonchev–Trinajstić information content (AvgIpc) is 2.99. The van der Waals surface area contributed by atoms with Crippen molar-refractivity contribution in [1.29, 1.82) is 0 Å². The number of fused-ring (bicyclic) bond motifs is 1. The highest BCUT2D eigenvalue weighted by Gasteiger charge is 2.18. The van der Waals surface area contributed by atoms with Crippen molar-refractivity contribution < 1.29 is 9.53 Å². The summed E-state index contributed by atoms with van der Waals surface area (Å²) in [5.74, 6) is 1.13. The van der Waals surface area contributed by atoms with Gasteiger partial charge in [-0.1, -0.05) is 6.07 Å². The third-order valence-corrected chi connectivity index (χ3v) is 4.07. The number of carbonyl (C=O) groups is 1. The zero-order valence-corrected chi connectivity index (χ0v) is 13.4. The molecule has 0 unspecified atom stereocenters. The number of ether oxygens (including phenoxy) is 1. The Kier molecular flexibility index (Phi) is 5.19. The largest absolute Gasteiger partial charge is 0.378 e. The highest BCUT2D eigenvalue weighted by atomic mass is 16.5. The first-order valence-electron chi connectivity index (χ1n) is 8.11. The van der Waals surface area contributed by atoms with E-state index in [0.717, 1.165) is 24.4 Å². The van der Waals surface area contributed by atoms with Crippen molar-refractivity contribution in [2.45, 2.75) is 25.8 Å². The maximum atomic E-state index is 12.2. The molecule has 0 radical (unpaired) electrons. The minimum absolute atomic E-state index is 0.143. The van der Waals surface area contributed by atoms with Gasteiger partial charge in [-0.05, 0) is 19.1 Å². The number of hydrogen-bond acceptors (Lipinski definition) is 5. The number of rotatable bonds is 6. The Morgan fingerprint density at radius 2 is 2.17 bits per heavy atom. The second-order valence-corrected chi connectivity index (χ2v) is 5.85. The highest BCUT2D eigenvalue weighted by molar-refractivity contribution is 5.76. The molecule has 0 aromatic carbocycles. The molecule has 0 bridgehead atoms. The zero-order chi connectivity index (χ0) is 16.1. The molecular formula is C16H23N5O2. The van der Waals surface area contributed by atoms with E-state index in [1.165, 1.54) is 0 Å². The number of nitrogens with zero attached hydrogens (tertiary/aromatic N) is 4. The summed E-state index contributed by atoms with van der Waals surface area (Å²) in [6.45, 7) is 5.52. The Balaban J connectivity index is 1.44. The standard InChI is InChI=1S/C16H23N5O2/c1-13(12-16(22)20-8-10-23-11-9-20)17-6-5-15-19-18-14-4-2-3-7-21(14)15/h2-4,7,13,17H,5-6,8-12H2,1H3/t13-/m0/s1. The van der Waals surface area contributed by atoms with Crippen molar-refractivity contribution in [2.24, 2.45) is 0 Å². The SMILES string of the molecule is C[C@@H](CC(=O)N1CCOCC1)NCCc1nnc2ccccn12. The summed E-state index contributed by atoms with van der Waals surface area (Å²) < 4.78 is 7.26. The summed E-state index contributed by atoms with van der Waals surface area (Å²) in [5.41, 5.74) is 0.859. The molecule has 2 aromatic heterocycles. The Hall–Kier alpha value is -1.99. The van der Waals surface area contributed by atoms with E-state index >= 15 is 0 Å². The fourth-order valence-electron chi connectivity index (χ4n) is 2.77. The van der Waals surface area contributed by atoms with Crippen LogP contribution in [0.5, 0.6) is 0 Å². The summed E-state index contributed by atoms with van der Waals surface area (Å²) in [4.78, 5) is 14.1. The van der Waals surface area contributed by atoms with Crippen LogP contribution in [0.15, 0.2) is 24.4 Å². The lowest BCUT2D eigenvalue weighted by molar-refractivity contribution is -0.135. The van der Waals surface area contributed by atoms with Gasteiger partial charge in [-0.15, -0.1) is 10.2 Å². The predicted molar refractivity (Wildman–Crippen MR) is 86.2 cm³/mol. The van der Waals surface area contributed by atoms with Gasteiger partial charge in [0.25, 0.3) is 0 Å². The molecule has 7 nitrogen and oxygen atoms in total. The lowest BCUT2D eigenvalue weighted by Crippen LogP contribution is -2.43. The van der Waals surface area contributed by atoms with E-state index in [2.05, 4.69) is 15.5 Å². The first-order valence-corrected chi connectivity index (χ1v) is 8.11. The Morgan fingerprint density at radius 1 is 1.35 bits per heavy atom. The van der Waals surface area contributed by atoms with E-state index in [4.69, 9.17) is 4.74 Å². The Morgan fingerprint density at radius 3 is 3.00 bits per heavy atom. The van der Waals surface area contributed by atoms with Crippen LogP contribution in [-0.4, -0.2) is 64.3 Å². The van der Waals surface area contributed by atoms with E-state index in [-0.39, 0.29) is 11.9 Å². The number of aromatic nitrogens is 3. The number of amides is 1. The topological polar surface area (TPSA) is 71.8 Å². The number of carbonyl (C=O) groups excluding carboxylic acids is 1. The van der Waals surface area contributed by atoms with Gasteiger partial charge >= 0.3 is 0 Å². The number of nitrogens with one attached hydrogen (secondary N) is 1. The second-order valence-electron chi connectivity index (χ2n) is 5.85. The van der Waals surface area contributed by atoms with Crippen LogP contribution in [-0.2, 0) is 16.0 Å². The van der Waals surface area contributed by atoms with Gasteiger partial charge in [0, 0.05) is 44.7 Å². The summed E-state index contributed by atoms with van der Waals surface area (Å²) in [6, 6.07) is 6.00. The van der Waals surface area contributed by atoms with Crippen LogP contribution in [0.1, 0.15) is 19.2 Å². The molecule has 1 fully saturated rings. The first kappa shape index (κ1) is 15.9. The molecule has 2 aromatic rings. The molecule has 1 aliphatic rings. The van der Waals surface area contributed by atoms with Crippen LogP contribution in [0, 0.1) is 0 Å². The van der Waals surface area contributed by atoms with Crippen LogP contribution >= 0.6 is 0 Å². The monoisotopic (exact) mass is 317 g/mol. The van der Waals surface area contributed by atoms with Crippen molar-refractivity contribution in [3.63, 3.8) is 0 Å². The number of hydrogen-bond donors (Lipinski definition) is 1. The third kappa shape index (κ3) is 4.05. The number of morpholine rings is 1. The first-order chi connectivity index (χ1) is 11.2. The van der Waals surface area contributed by atoms with Crippen molar-refractivity contribution >= 4 is 11.6 Å². The molecule has 1 saturated heterocycles. The maximum absolute atomic E-state index is 12.2. The summed E-state index contributed by atoms with van der Waals surface area (Å²) in [6.07, 6.45) is 3.26. The van der Waals surface area contributed by atoms with E-state index in [9.17, 15) is 4.79 Å². The molecule has 1 atom stereocenters. The zero-order valence-electron chi connectivity index (χ0n) is 13.4. The molecule has 0 saturated carbocycles. The molecule has 1 amide bonds. The summed E-state index contributed by atoms with van der Waals surface area (Å²) in [5, 5.41) is 11.7. The lowest BCUT2D eigenvalue weighted by atomic mass is 10.2. The normalized spacial score (nSPS) is 16.7. The van der Waals surface area contributed by atoms with Crippen LogP contribution in [0.2, 0.25) is 0 Å². The Labute approximate surface area is 135 Å². The third-order valence-electron chi connectivity index (χ3n) is 4.07. The fourth-order valence-corrected chi connectivity index (χ4v) is 2.77.